The summed E-state index contributed by atoms with van der Waals surface area (Å²) in [7, 11) is 0. The van der Waals surface area contributed by atoms with Crippen molar-refractivity contribution in [3.05, 3.63) is 29.6 Å². The van der Waals surface area contributed by atoms with E-state index in [1.165, 1.54) is 0 Å². The molecule has 0 aliphatic rings. The molecular formula is C14H22N4O2. The second-order valence-electron chi connectivity index (χ2n) is 4.46. The molecule has 3 N–H and O–H groups in total. The Hall–Kier alpha value is -1.95. The lowest BCUT2D eigenvalue weighted by atomic mass is 10.2. The quantitative estimate of drug-likeness (QED) is 0.794. The van der Waals surface area contributed by atoms with Crippen molar-refractivity contribution in [2.45, 2.75) is 33.4 Å². The fourth-order valence-electron chi connectivity index (χ4n) is 1.82. The normalized spacial score (nSPS) is 11.8. The lowest BCUT2D eigenvalue weighted by molar-refractivity contribution is -0.132. The van der Waals surface area contributed by atoms with Gasteiger partial charge in [0.2, 0.25) is 5.91 Å². The van der Waals surface area contributed by atoms with E-state index in [1.807, 2.05) is 13.8 Å². The van der Waals surface area contributed by atoms with Gasteiger partial charge >= 0.3 is 0 Å². The topological polar surface area (TPSA) is 88.3 Å². The number of pyridine rings is 1. The Balaban J connectivity index is 2.66. The van der Waals surface area contributed by atoms with E-state index >= 15 is 0 Å². The second-order valence-corrected chi connectivity index (χ2v) is 4.46. The molecule has 1 aromatic rings. The molecule has 1 unspecified atom stereocenters. The summed E-state index contributed by atoms with van der Waals surface area (Å²) in [5, 5.41) is 2.66. The van der Waals surface area contributed by atoms with Crippen molar-refractivity contribution in [2.24, 2.45) is 5.73 Å². The lowest BCUT2D eigenvalue weighted by Crippen LogP contribution is -2.47. The monoisotopic (exact) mass is 278 g/mol. The molecule has 0 saturated carbocycles. The number of rotatable bonds is 6. The number of nitrogens with one attached hydrogen (secondary N) is 1. The standard InChI is InChI=1S/C14H22N4O2/c1-4-18(5-2)14(20)10(3)17-13(19)12-7-6-11(8-15)9-16-12/h6-7,9-10H,4-5,8,15H2,1-3H3,(H,17,19). The summed E-state index contributed by atoms with van der Waals surface area (Å²) in [5.41, 5.74) is 6.60. The molecule has 1 rings (SSSR count). The van der Waals surface area contributed by atoms with Gasteiger partial charge in [-0.2, -0.15) is 0 Å². The van der Waals surface area contributed by atoms with Gasteiger partial charge in [0.05, 0.1) is 0 Å². The fourth-order valence-corrected chi connectivity index (χ4v) is 1.82. The maximum absolute atomic E-state index is 12.0. The van der Waals surface area contributed by atoms with Gasteiger partial charge in [-0.15, -0.1) is 0 Å². The van der Waals surface area contributed by atoms with E-state index in [4.69, 9.17) is 5.73 Å². The first-order valence-corrected chi connectivity index (χ1v) is 6.78. The number of nitrogens with zero attached hydrogens (tertiary/aromatic N) is 2. The first-order valence-electron chi connectivity index (χ1n) is 6.78. The number of nitrogens with two attached hydrogens (primary N) is 1. The van der Waals surface area contributed by atoms with Crippen LogP contribution >= 0.6 is 0 Å². The van der Waals surface area contributed by atoms with E-state index < -0.39 is 6.04 Å². The van der Waals surface area contributed by atoms with Crippen molar-refractivity contribution in [1.82, 2.24) is 15.2 Å². The molecule has 2 amide bonds. The van der Waals surface area contributed by atoms with Crippen molar-refractivity contribution in [3.8, 4) is 0 Å². The first-order chi connectivity index (χ1) is 9.53. The number of hydrogen-bond acceptors (Lipinski definition) is 4. The maximum atomic E-state index is 12.0. The van der Waals surface area contributed by atoms with Gasteiger partial charge in [0.25, 0.3) is 5.91 Å². The molecule has 6 nitrogen and oxygen atoms in total. The molecule has 6 heteroatoms. The van der Waals surface area contributed by atoms with Crippen LogP contribution < -0.4 is 11.1 Å². The number of hydrogen-bond donors (Lipinski definition) is 2. The molecule has 1 atom stereocenters. The van der Waals surface area contributed by atoms with Crippen LogP contribution in [0.1, 0.15) is 36.8 Å². The lowest BCUT2D eigenvalue weighted by Gasteiger charge is -2.23. The molecule has 0 spiro atoms. The molecule has 110 valence electrons. The molecular weight excluding hydrogens is 256 g/mol. The molecule has 0 saturated heterocycles. The van der Waals surface area contributed by atoms with E-state index in [1.54, 1.807) is 30.2 Å². The summed E-state index contributed by atoms with van der Waals surface area (Å²) < 4.78 is 0. The van der Waals surface area contributed by atoms with Crippen molar-refractivity contribution in [3.63, 3.8) is 0 Å². The Morgan fingerprint density at radius 2 is 2.00 bits per heavy atom. The van der Waals surface area contributed by atoms with Gasteiger partial charge in [0, 0.05) is 25.8 Å². The largest absolute Gasteiger partial charge is 0.341 e. The first kappa shape index (κ1) is 16.1. The van der Waals surface area contributed by atoms with Gasteiger partial charge in [0.1, 0.15) is 11.7 Å². The third-order valence-electron chi connectivity index (χ3n) is 3.09. The van der Waals surface area contributed by atoms with Crippen molar-refractivity contribution in [1.29, 1.82) is 0 Å². The van der Waals surface area contributed by atoms with E-state index in [2.05, 4.69) is 10.3 Å². The number of likely N-dealkylation sites (N-methyl/N-ethyl adjacent to an activating group) is 1. The highest BCUT2D eigenvalue weighted by Gasteiger charge is 2.20. The highest BCUT2D eigenvalue weighted by molar-refractivity contribution is 5.95. The number of amides is 2. The molecule has 0 fully saturated rings. The van der Waals surface area contributed by atoms with Crippen molar-refractivity contribution >= 4 is 11.8 Å². The summed E-state index contributed by atoms with van der Waals surface area (Å²) in [6.07, 6.45) is 1.56. The van der Waals surface area contributed by atoms with Gasteiger partial charge in [-0.3, -0.25) is 14.6 Å². The smallest absolute Gasteiger partial charge is 0.270 e. The van der Waals surface area contributed by atoms with Gasteiger partial charge in [0.15, 0.2) is 0 Å². The highest BCUT2D eigenvalue weighted by atomic mass is 16.2. The molecule has 0 aliphatic carbocycles. The summed E-state index contributed by atoms with van der Waals surface area (Å²) >= 11 is 0. The van der Waals surface area contributed by atoms with Crippen LogP contribution in [0.4, 0.5) is 0 Å². The summed E-state index contributed by atoms with van der Waals surface area (Å²) in [4.78, 5) is 29.7. The zero-order valence-electron chi connectivity index (χ0n) is 12.2. The fraction of sp³-hybridized carbons (Fsp3) is 0.500. The average Bonchev–Trinajstić information content (AvgIpc) is 2.48. The highest BCUT2D eigenvalue weighted by Crippen LogP contribution is 2.01. The van der Waals surface area contributed by atoms with E-state index in [9.17, 15) is 9.59 Å². The molecule has 0 radical (unpaired) electrons. The zero-order chi connectivity index (χ0) is 15.1. The van der Waals surface area contributed by atoms with Crippen LogP contribution in [0.25, 0.3) is 0 Å². The third kappa shape index (κ3) is 4.03. The van der Waals surface area contributed by atoms with Crippen LogP contribution in [0.15, 0.2) is 18.3 Å². The predicted molar refractivity (Wildman–Crippen MR) is 77.0 cm³/mol. The summed E-state index contributed by atoms with van der Waals surface area (Å²) in [6.45, 7) is 7.11. The molecule has 1 aromatic heterocycles. The Morgan fingerprint density at radius 3 is 2.45 bits per heavy atom. The summed E-state index contributed by atoms with van der Waals surface area (Å²) in [6, 6.07) is 2.78. The predicted octanol–water partition coefficient (Wildman–Crippen LogP) is 0.527. The molecule has 0 bridgehead atoms. The van der Waals surface area contributed by atoms with Crippen LogP contribution in [-0.2, 0) is 11.3 Å². The minimum absolute atomic E-state index is 0.0954. The van der Waals surface area contributed by atoms with Crippen LogP contribution in [0.2, 0.25) is 0 Å². The third-order valence-corrected chi connectivity index (χ3v) is 3.09. The number of carbonyl (C=O) groups is 2. The van der Waals surface area contributed by atoms with Gasteiger partial charge in [-0.25, -0.2) is 0 Å². The number of carbonyl (C=O) groups excluding carboxylic acids is 2. The molecule has 0 aromatic carbocycles. The Morgan fingerprint density at radius 1 is 1.35 bits per heavy atom. The van der Waals surface area contributed by atoms with Gasteiger partial charge in [-0.1, -0.05) is 6.07 Å². The minimum atomic E-state index is -0.571. The van der Waals surface area contributed by atoms with Gasteiger partial charge in [-0.05, 0) is 32.4 Å². The maximum Gasteiger partial charge on any atom is 0.270 e. The molecule has 0 aliphatic heterocycles. The van der Waals surface area contributed by atoms with Crippen LogP contribution in [0.5, 0.6) is 0 Å². The summed E-state index contributed by atoms with van der Waals surface area (Å²) in [5.74, 6) is -0.455. The van der Waals surface area contributed by atoms with Crippen LogP contribution in [0.3, 0.4) is 0 Å². The second kappa shape index (κ2) is 7.59. The van der Waals surface area contributed by atoms with Crippen LogP contribution in [0, 0.1) is 0 Å². The molecule has 1 heterocycles. The SMILES string of the molecule is CCN(CC)C(=O)C(C)NC(=O)c1ccc(CN)cn1. The number of aromatic nitrogens is 1. The Bertz CT molecular complexity index is 455. The van der Waals surface area contributed by atoms with E-state index in [-0.39, 0.29) is 17.5 Å². The zero-order valence-corrected chi connectivity index (χ0v) is 12.2. The van der Waals surface area contributed by atoms with E-state index in [0.717, 1.165) is 5.56 Å². The van der Waals surface area contributed by atoms with E-state index in [0.29, 0.717) is 19.6 Å². The van der Waals surface area contributed by atoms with Crippen molar-refractivity contribution < 1.29 is 9.59 Å². The average molecular weight is 278 g/mol. The Kier molecular flexibility index (Phi) is 6.11. The van der Waals surface area contributed by atoms with Gasteiger partial charge < -0.3 is 16.0 Å². The Labute approximate surface area is 119 Å². The van der Waals surface area contributed by atoms with Crippen molar-refractivity contribution in [2.75, 3.05) is 13.1 Å². The minimum Gasteiger partial charge on any atom is -0.341 e. The van der Waals surface area contributed by atoms with Crippen LogP contribution in [-0.4, -0.2) is 40.8 Å². The molecule has 20 heavy (non-hydrogen) atoms.